The first-order chi connectivity index (χ1) is 14.9. The predicted octanol–water partition coefficient (Wildman–Crippen LogP) is 3.94. The molecule has 5 rings (SSSR count). The molecule has 4 atom stereocenters. The first kappa shape index (κ1) is 25.0. The molecule has 4 saturated carbocycles. The van der Waals surface area contributed by atoms with Crippen LogP contribution < -0.4 is 0 Å². The van der Waals surface area contributed by atoms with Gasteiger partial charge in [-0.2, -0.15) is 0 Å². The van der Waals surface area contributed by atoms with Gasteiger partial charge in [0.1, 0.15) is 5.60 Å². The lowest BCUT2D eigenvalue weighted by atomic mass is 9.52. The molecule has 5 aliphatic rings. The SMILES string of the molecule is CCC(C)(C)C(=O)OC1CCOC1=O.CCC(C)C(=O)OC12CC3CC(CC(O)(C3)C1)C2. The van der Waals surface area contributed by atoms with Crippen molar-refractivity contribution in [3.63, 3.8) is 0 Å². The molecule has 0 aromatic carbocycles. The van der Waals surface area contributed by atoms with Gasteiger partial charge < -0.3 is 19.3 Å². The van der Waals surface area contributed by atoms with E-state index < -0.39 is 23.1 Å². The number of hydrogen-bond acceptors (Lipinski definition) is 7. The molecule has 1 aliphatic heterocycles. The van der Waals surface area contributed by atoms with Gasteiger partial charge >= 0.3 is 17.9 Å². The van der Waals surface area contributed by atoms with E-state index in [-0.39, 0.29) is 23.5 Å². The molecule has 0 amide bonds. The Bertz CT molecular complexity index is 714. The van der Waals surface area contributed by atoms with Gasteiger partial charge in [-0.3, -0.25) is 9.59 Å². The third-order valence-electron chi connectivity index (χ3n) is 7.88. The zero-order valence-corrected chi connectivity index (χ0v) is 20.3. The van der Waals surface area contributed by atoms with Crippen LogP contribution in [-0.4, -0.2) is 46.9 Å². The third-order valence-corrected chi connectivity index (χ3v) is 7.88. The fraction of sp³-hybridized carbons (Fsp3) is 0.880. The first-order valence-corrected chi connectivity index (χ1v) is 12.2. The van der Waals surface area contributed by atoms with Crippen molar-refractivity contribution in [2.45, 2.75) is 110 Å². The molecule has 1 heterocycles. The van der Waals surface area contributed by atoms with Crippen molar-refractivity contribution in [1.82, 2.24) is 0 Å². The molecule has 1 N–H and O–H groups in total. The van der Waals surface area contributed by atoms with Gasteiger partial charge in [0.05, 0.1) is 23.5 Å². The minimum absolute atomic E-state index is 0.0207. The fourth-order valence-corrected chi connectivity index (χ4v) is 5.75. The van der Waals surface area contributed by atoms with Gasteiger partial charge in [0.25, 0.3) is 0 Å². The lowest BCUT2D eigenvalue weighted by Crippen LogP contribution is -2.60. The molecule has 32 heavy (non-hydrogen) atoms. The normalized spacial score (nSPS) is 36.1. The molecule has 0 spiro atoms. The van der Waals surface area contributed by atoms with Crippen molar-refractivity contribution < 1.29 is 33.7 Å². The van der Waals surface area contributed by atoms with E-state index >= 15 is 0 Å². The molecule has 4 unspecified atom stereocenters. The molecule has 0 aromatic rings. The molecule has 7 nitrogen and oxygen atoms in total. The summed E-state index contributed by atoms with van der Waals surface area (Å²) in [6, 6.07) is 0. The predicted molar refractivity (Wildman–Crippen MR) is 117 cm³/mol. The van der Waals surface area contributed by atoms with Crippen LogP contribution in [0.5, 0.6) is 0 Å². The van der Waals surface area contributed by atoms with Crippen molar-refractivity contribution in [1.29, 1.82) is 0 Å². The second kappa shape index (κ2) is 9.32. The van der Waals surface area contributed by atoms with E-state index in [4.69, 9.17) is 14.2 Å². The topological polar surface area (TPSA) is 99.1 Å². The number of hydrogen-bond donors (Lipinski definition) is 1. The molecule has 4 bridgehead atoms. The van der Waals surface area contributed by atoms with E-state index in [9.17, 15) is 19.5 Å². The maximum Gasteiger partial charge on any atom is 0.347 e. The van der Waals surface area contributed by atoms with Crippen molar-refractivity contribution in [2.75, 3.05) is 6.61 Å². The Balaban J connectivity index is 0.000000188. The summed E-state index contributed by atoms with van der Waals surface area (Å²) in [5.74, 6) is 0.298. The van der Waals surface area contributed by atoms with Gasteiger partial charge in [-0.1, -0.05) is 20.8 Å². The maximum atomic E-state index is 12.1. The van der Waals surface area contributed by atoms with Gasteiger partial charge in [0.2, 0.25) is 6.10 Å². The summed E-state index contributed by atoms with van der Waals surface area (Å²) in [6.07, 6.45) is 7.01. The Morgan fingerprint density at radius 3 is 2.28 bits per heavy atom. The lowest BCUT2D eigenvalue weighted by Gasteiger charge is -2.59. The average Bonchev–Trinajstić information content (AvgIpc) is 3.10. The highest BCUT2D eigenvalue weighted by atomic mass is 16.6. The van der Waals surface area contributed by atoms with Crippen molar-refractivity contribution in [3.05, 3.63) is 0 Å². The standard InChI is InChI=1S/C15H24O3.C10H16O4/c1-3-10(2)13(16)18-15-7-11-4-12(8-15)6-14(17,5-11)9-15;1-4-10(2,3)9(12)14-7-5-6-13-8(7)11/h10-12,17H,3-9H2,1-2H3;7H,4-6H2,1-3H3. The Morgan fingerprint density at radius 2 is 1.81 bits per heavy atom. The second-order valence-electron chi connectivity index (χ2n) is 11.2. The summed E-state index contributed by atoms with van der Waals surface area (Å²) < 4.78 is 15.6. The van der Waals surface area contributed by atoms with Gasteiger partial charge in [-0.05, 0) is 70.6 Å². The van der Waals surface area contributed by atoms with Crippen molar-refractivity contribution in [3.8, 4) is 0 Å². The summed E-state index contributed by atoms with van der Waals surface area (Å²) in [5, 5.41) is 10.6. The number of carbonyl (C=O) groups is 3. The number of cyclic esters (lactones) is 1. The summed E-state index contributed by atoms with van der Waals surface area (Å²) in [7, 11) is 0. The van der Waals surface area contributed by atoms with E-state index in [1.807, 2.05) is 20.8 Å². The van der Waals surface area contributed by atoms with Crippen LogP contribution in [0, 0.1) is 23.2 Å². The second-order valence-corrected chi connectivity index (χ2v) is 11.2. The number of aliphatic hydroxyl groups is 1. The highest BCUT2D eigenvalue weighted by Gasteiger charge is 2.59. The average molecular weight is 453 g/mol. The molecule has 182 valence electrons. The quantitative estimate of drug-likeness (QED) is 0.481. The van der Waals surface area contributed by atoms with Gasteiger partial charge in [-0.15, -0.1) is 0 Å². The number of ether oxygens (including phenoxy) is 3. The highest BCUT2D eigenvalue weighted by molar-refractivity contribution is 5.82. The van der Waals surface area contributed by atoms with Gasteiger partial charge in [-0.25, -0.2) is 4.79 Å². The number of esters is 3. The zero-order valence-electron chi connectivity index (χ0n) is 20.3. The van der Waals surface area contributed by atoms with E-state index in [2.05, 4.69) is 0 Å². The van der Waals surface area contributed by atoms with Crippen LogP contribution in [0.2, 0.25) is 0 Å². The minimum atomic E-state index is -0.687. The van der Waals surface area contributed by atoms with Crippen LogP contribution in [0.1, 0.15) is 92.4 Å². The van der Waals surface area contributed by atoms with Crippen LogP contribution in [0.25, 0.3) is 0 Å². The molecule has 4 aliphatic carbocycles. The van der Waals surface area contributed by atoms with Crippen LogP contribution in [-0.2, 0) is 28.6 Å². The maximum absolute atomic E-state index is 12.1. The molecular formula is C25H40O7. The Labute approximate surface area is 191 Å². The summed E-state index contributed by atoms with van der Waals surface area (Å²) >= 11 is 0. The number of carbonyl (C=O) groups excluding carboxylic acids is 3. The molecule has 0 aromatic heterocycles. The van der Waals surface area contributed by atoms with E-state index in [0.717, 1.165) is 32.1 Å². The fourth-order valence-electron chi connectivity index (χ4n) is 5.75. The summed E-state index contributed by atoms with van der Waals surface area (Å²) in [4.78, 5) is 34.7. The van der Waals surface area contributed by atoms with Gasteiger partial charge in [0.15, 0.2) is 0 Å². The third kappa shape index (κ3) is 5.46. The van der Waals surface area contributed by atoms with Crippen molar-refractivity contribution >= 4 is 17.9 Å². The lowest BCUT2D eigenvalue weighted by molar-refractivity contribution is -0.222. The Morgan fingerprint density at radius 1 is 1.19 bits per heavy atom. The smallest absolute Gasteiger partial charge is 0.347 e. The Hall–Kier alpha value is -1.63. The molecular weight excluding hydrogens is 412 g/mol. The van der Waals surface area contributed by atoms with E-state index in [0.29, 0.717) is 37.7 Å². The van der Waals surface area contributed by atoms with E-state index in [1.165, 1.54) is 6.42 Å². The zero-order chi connectivity index (χ0) is 23.7. The molecule has 5 fully saturated rings. The highest BCUT2D eigenvalue weighted by Crippen LogP contribution is 2.59. The minimum Gasteiger partial charge on any atom is -0.463 e. The van der Waals surface area contributed by atoms with Crippen LogP contribution >= 0.6 is 0 Å². The van der Waals surface area contributed by atoms with Crippen molar-refractivity contribution in [2.24, 2.45) is 23.2 Å². The van der Waals surface area contributed by atoms with Crippen LogP contribution in [0.3, 0.4) is 0 Å². The Kier molecular flexibility index (Phi) is 7.28. The summed E-state index contributed by atoms with van der Waals surface area (Å²) in [6.45, 7) is 9.81. The van der Waals surface area contributed by atoms with Gasteiger partial charge in [0, 0.05) is 12.8 Å². The van der Waals surface area contributed by atoms with Crippen LogP contribution in [0.15, 0.2) is 0 Å². The monoisotopic (exact) mass is 452 g/mol. The molecule has 1 saturated heterocycles. The number of rotatable bonds is 6. The largest absolute Gasteiger partial charge is 0.463 e. The van der Waals surface area contributed by atoms with E-state index in [1.54, 1.807) is 13.8 Å². The first-order valence-electron chi connectivity index (χ1n) is 12.2. The summed E-state index contributed by atoms with van der Waals surface area (Å²) in [5.41, 5.74) is -1.40. The molecule has 7 heteroatoms. The van der Waals surface area contributed by atoms with Crippen LogP contribution in [0.4, 0.5) is 0 Å². The molecule has 0 radical (unpaired) electrons.